The number of hydrazine groups is 1. The molecule has 1 atom stereocenters. The maximum Gasteiger partial charge on any atom is 0.256 e. The third kappa shape index (κ3) is 3.13. The number of rotatable bonds is 5. The van der Waals surface area contributed by atoms with Crippen LogP contribution in [0, 0.1) is 23.2 Å². The first-order valence-electron chi connectivity index (χ1n) is 12.4. The highest BCUT2D eigenvalue weighted by atomic mass is 16.7. The molecule has 7 heteroatoms. The van der Waals surface area contributed by atoms with Gasteiger partial charge < -0.3 is 14.4 Å². The molecule has 6 aliphatic rings. The van der Waals surface area contributed by atoms with Gasteiger partial charge in [-0.05, 0) is 80.0 Å². The van der Waals surface area contributed by atoms with Crippen molar-refractivity contribution in [2.45, 2.75) is 51.2 Å². The van der Waals surface area contributed by atoms with Gasteiger partial charge in [0, 0.05) is 17.7 Å². The Balaban J connectivity index is 1.12. The third-order valence-electron chi connectivity index (χ3n) is 8.69. The van der Waals surface area contributed by atoms with Crippen molar-refractivity contribution in [3.63, 3.8) is 0 Å². The maximum absolute atomic E-state index is 13.5. The number of hydrogen-bond donors (Lipinski definition) is 2. The number of amides is 2. The van der Waals surface area contributed by atoms with Crippen LogP contribution in [0.15, 0.2) is 42.5 Å². The third-order valence-corrected chi connectivity index (χ3v) is 8.69. The lowest BCUT2D eigenvalue weighted by atomic mass is 9.49. The first-order valence-corrected chi connectivity index (χ1v) is 12.4. The second-order valence-corrected chi connectivity index (χ2v) is 10.9. The minimum absolute atomic E-state index is 0.0465. The zero-order chi connectivity index (χ0) is 22.9. The van der Waals surface area contributed by atoms with Crippen LogP contribution in [0.3, 0.4) is 0 Å². The van der Waals surface area contributed by atoms with Crippen molar-refractivity contribution in [3.05, 3.63) is 59.2 Å². The summed E-state index contributed by atoms with van der Waals surface area (Å²) in [6.07, 6.45) is 6.50. The van der Waals surface area contributed by atoms with Crippen LogP contribution in [0.1, 0.15) is 66.2 Å². The zero-order valence-corrected chi connectivity index (χ0v) is 19.1. The Labute approximate surface area is 198 Å². The topological polar surface area (TPSA) is 79.9 Å². The van der Waals surface area contributed by atoms with Crippen molar-refractivity contribution in [1.29, 1.82) is 0 Å². The molecule has 4 fully saturated rings. The van der Waals surface area contributed by atoms with Crippen LogP contribution in [0.5, 0.6) is 11.5 Å². The van der Waals surface area contributed by atoms with E-state index in [4.69, 9.17) is 9.47 Å². The Morgan fingerprint density at radius 3 is 2.44 bits per heavy atom. The van der Waals surface area contributed by atoms with Crippen LogP contribution in [0.25, 0.3) is 0 Å². The van der Waals surface area contributed by atoms with Gasteiger partial charge in [-0.3, -0.25) is 15.0 Å². The molecule has 0 saturated heterocycles. The monoisotopic (exact) mass is 459 g/mol. The van der Waals surface area contributed by atoms with Crippen LogP contribution in [-0.4, -0.2) is 23.5 Å². The molecular formula is C27H29N3O4. The summed E-state index contributed by atoms with van der Waals surface area (Å²) in [4.78, 5) is 28.6. The fraction of sp³-hybridized carbons (Fsp3) is 0.481. The number of nitrogens with one attached hydrogen (secondary N) is 2. The van der Waals surface area contributed by atoms with Gasteiger partial charge in [0.1, 0.15) is 6.17 Å². The number of carbonyl (C=O) groups is 2. The van der Waals surface area contributed by atoms with Crippen molar-refractivity contribution in [2.24, 2.45) is 23.2 Å². The standard InChI is InChI=1S/C27H29N3O4/c31-25-21-4-2-1-3-20(21)24(30(25)14-16-5-6-22-23(10-16)34-15-33-22)28-29-26(32)27-11-17-7-18(12-27)9-19(8-17)13-27/h1-6,10,17-19,24,28H,7-9,11-15H2,(H,29,32)/t17?,18?,19?,24-,27?/m0/s1. The molecule has 2 aromatic carbocycles. The molecule has 176 valence electrons. The van der Waals surface area contributed by atoms with Gasteiger partial charge in [-0.2, -0.15) is 0 Å². The van der Waals surface area contributed by atoms with Crippen molar-refractivity contribution in [3.8, 4) is 11.5 Å². The Kier molecular flexibility index (Phi) is 4.47. The predicted molar refractivity (Wildman–Crippen MR) is 124 cm³/mol. The lowest BCUT2D eigenvalue weighted by Gasteiger charge is -2.55. The van der Waals surface area contributed by atoms with Crippen molar-refractivity contribution >= 4 is 11.8 Å². The molecule has 2 aliphatic heterocycles. The molecular weight excluding hydrogens is 430 g/mol. The van der Waals surface area contributed by atoms with E-state index in [9.17, 15) is 9.59 Å². The Morgan fingerprint density at radius 1 is 0.971 bits per heavy atom. The molecule has 2 amide bonds. The number of carbonyl (C=O) groups excluding carboxylic acids is 2. The molecule has 0 radical (unpaired) electrons. The Hall–Kier alpha value is -3.06. The van der Waals surface area contributed by atoms with E-state index in [1.54, 1.807) is 4.90 Å². The summed E-state index contributed by atoms with van der Waals surface area (Å²) in [6.45, 7) is 0.614. The molecule has 0 spiro atoms. The average Bonchev–Trinajstić information content (AvgIpc) is 3.39. The molecule has 34 heavy (non-hydrogen) atoms. The van der Waals surface area contributed by atoms with Crippen molar-refractivity contribution in [1.82, 2.24) is 15.8 Å². The minimum Gasteiger partial charge on any atom is -0.454 e. The first kappa shape index (κ1) is 20.3. The van der Waals surface area contributed by atoms with Crippen LogP contribution in [0.4, 0.5) is 0 Å². The van der Waals surface area contributed by atoms with Gasteiger partial charge in [0.15, 0.2) is 11.5 Å². The van der Waals surface area contributed by atoms with Crippen LogP contribution in [0.2, 0.25) is 0 Å². The van der Waals surface area contributed by atoms with Gasteiger partial charge >= 0.3 is 0 Å². The number of hydrogen-bond acceptors (Lipinski definition) is 5. The van der Waals surface area contributed by atoms with Gasteiger partial charge in [0.05, 0.1) is 5.41 Å². The number of fused-ring (bicyclic) bond motifs is 2. The van der Waals surface area contributed by atoms with E-state index in [0.29, 0.717) is 35.6 Å². The summed E-state index contributed by atoms with van der Waals surface area (Å²) in [5, 5.41) is 0. The van der Waals surface area contributed by atoms with E-state index in [2.05, 4.69) is 10.9 Å². The normalized spacial score (nSPS) is 32.2. The van der Waals surface area contributed by atoms with E-state index in [0.717, 1.165) is 36.1 Å². The van der Waals surface area contributed by atoms with E-state index in [1.165, 1.54) is 19.3 Å². The Morgan fingerprint density at radius 2 is 1.68 bits per heavy atom. The maximum atomic E-state index is 13.5. The number of benzene rings is 2. The Bertz CT molecular complexity index is 1140. The second kappa shape index (κ2) is 7.47. The second-order valence-electron chi connectivity index (χ2n) is 10.9. The zero-order valence-electron chi connectivity index (χ0n) is 19.1. The van der Waals surface area contributed by atoms with Crippen molar-refractivity contribution < 1.29 is 19.1 Å². The summed E-state index contributed by atoms with van der Waals surface area (Å²) >= 11 is 0. The first-order chi connectivity index (χ1) is 16.6. The smallest absolute Gasteiger partial charge is 0.256 e. The molecule has 0 aromatic heterocycles. The van der Waals surface area contributed by atoms with Crippen molar-refractivity contribution in [2.75, 3.05) is 6.79 Å². The lowest BCUT2D eigenvalue weighted by Crippen LogP contribution is -2.57. The minimum atomic E-state index is -0.424. The lowest BCUT2D eigenvalue weighted by molar-refractivity contribution is -0.148. The molecule has 8 rings (SSSR count). The highest BCUT2D eigenvalue weighted by molar-refractivity contribution is 5.99. The summed E-state index contributed by atoms with van der Waals surface area (Å²) in [5.74, 6) is 3.58. The molecule has 4 bridgehead atoms. The van der Waals surface area contributed by atoms with Gasteiger partial charge in [-0.25, -0.2) is 5.43 Å². The fourth-order valence-corrected chi connectivity index (χ4v) is 7.58. The van der Waals surface area contributed by atoms with E-state index in [-0.39, 0.29) is 24.0 Å². The molecule has 2 heterocycles. The SMILES string of the molecule is O=C1c2ccccc2[C@@H](NNC(=O)C23CC4CC(CC(C4)C2)C3)N1Cc1ccc2c(c1)OCO2. The summed E-state index contributed by atoms with van der Waals surface area (Å²) < 4.78 is 10.9. The fourth-order valence-electron chi connectivity index (χ4n) is 7.58. The summed E-state index contributed by atoms with van der Waals surface area (Å²) in [6, 6.07) is 13.4. The average molecular weight is 460 g/mol. The van der Waals surface area contributed by atoms with E-state index in [1.807, 2.05) is 42.5 Å². The number of nitrogens with zero attached hydrogens (tertiary/aromatic N) is 1. The van der Waals surface area contributed by atoms with Gasteiger partial charge in [-0.15, -0.1) is 0 Å². The van der Waals surface area contributed by atoms with Crippen LogP contribution < -0.4 is 20.3 Å². The van der Waals surface area contributed by atoms with E-state index >= 15 is 0 Å². The largest absolute Gasteiger partial charge is 0.454 e. The van der Waals surface area contributed by atoms with Crippen LogP contribution >= 0.6 is 0 Å². The van der Waals surface area contributed by atoms with E-state index < -0.39 is 6.17 Å². The number of ether oxygens (including phenoxy) is 2. The van der Waals surface area contributed by atoms with Gasteiger partial charge in [0.2, 0.25) is 12.7 Å². The highest BCUT2D eigenvalue weighted by Crippen LogP contribution is 2.60. The quantitative estimate of drug-likeness (QED) is 0.663. The molecule has 4 saturated carbocycles. The molecule has 2 N–H and O–H groups in total. The van der Waals surface area contributed by atoms with Gasteiger partial charge in [0.25, 0.3) is 5.91 Å². The molecule has 7 nitrogen and oxygen atoms in total. The highest BCUT2D eigenvalue weighted by Gasteiger charge is 2.54. The van der Waals surface area contributed by atoms with Gasteiger partial charge in [-0.1, -0.05) is 24.3 Å². The molecule has 2 aromatic rings. The summed E-state index contributed by atoms with van der Waals surface area (Å²) in [7, 11) is 0. The summed E-state index contributed by atoms with van der Waals surface area (Å²) in [5.41, 5.74) is 8.60. The molecule has 0 unspecified atom stereocenters. The predicted octanol–water partition coefficient (Wildman–Crippen LogP) is 3.91. The molecule has 4 aliphatic carbocycles. The van der Waals surface area contributed by atoms with Crippen LogP contribution in [-0.2, 0) is 11.3 Å².